The zero-order chi connectivity index (χ0) is 20.1. The molecule has 1 saturated heterocycles. The van der Waals surface area contributed by atoms with Crippen molar-refractivity contribution in [2.75, 3.05) is 17.2 Å². The molecule has 1 atom stereocenters. The number of rotatable bonds is 5. The van der Waals surface area contributed by atoms with E-state index in [4.69, 9.17) is 0 Å². The molecule has 2 aromatic rings. The van der Waals surface area contributed by atoms with Gasteiger partial charge in [0.05, 0.1) is 5.56 Å². The van der Waals surface area contributed by atoms with E-state index in [-0.39, 0.29) is 23.2 Å². The lowest BCUT2D eigenvalue weighted by atomic mass is 10.1. The van der Waals surface area contributed by atoms with E-state index in [1.807, 2.05) is 0 Å². The van der Waals surface area contributed by atoms with E-state index in [1.165, 1.54) is 24.3 Å². The smallest absolute Gasteiger partial charge is 0.326 e. The number of amides is 2. The maximum absolute atomic E-state index is 12.8. The van der Waals surface area contributed by atoms with Crippen LogP contribution >= 0.6 is 0 Å². The number of benzene rings is 2. The fraction of sp³-hybridized carbons (Fsp3) is 0.300. The molecule has 1 aliphatic heterocycles. The normalized spacial score (nSPS) is 16.6. The molecule has 3 N–H and O–H groups in total. The van der Waals surface area contributed by atoms with Crippen LogP contribution in [0.1, 0.15) is 35.2 Å². The molecule has 0 aliphatic carbocycles. The number of hydrogen-bond acceptors (Lipinski definition) is 3. The van der Waals surface area contributed by atoms with Gasteiger partial charge in [0.2, 0.25) is 5.91 Å². The van der Waals surface area contributed by atoms with Gasteiger partial charge in [-0.25, -0.2) is 0 Å². The predicted octanol–water partition coefficient (Wildman–Crippen LogP) is 4.04. The first-order valence-electron chi connectivity index (χ1n) is 8.93. The lowest BCUT2D eigenvalue weighted by molar-refractivity contribution is -0.137. The second kappa shape index (κ2) is 8.43. The molecular weight excluding hydrogens is 371 g/mol. The number of alkyl halides is 3. The second-order valence-electron chi connectivity index (χ2n) is 6.66. The zero-order valence-corrected chi connectivity index (χ0v) is 15.0. The summed E-state index contributed by atoms with van der Waals surface area (Å²) < 4.78 is 38.4. The molecule has 0 saturated carbocycles. The molecule has 5 nitrogen and oxygen atoms in total. The zero-order valence-electron chi connectivity index (χ0n) is 15.0. The van der Waals surface area contributed by atoms with Crippen molar-refractivity contribution in [2.45, 2.75) is 31.5 Å². The third kappa shape index (κ3) is 5.32. The van der Waals surface area contributed by atoms with Gasteiger partial charge in [-0.05, 0) is 55.8 Å². The van der Waals surface area contributed by atoms with E-state index < -0.39 is 17.6 Å². The van der Waals surface area contributed by atoms with Gasteiger partial charge < -0.3 is 16.0 Å². The van der Waals surface area contributed by atoms with Crippen molar-refractivity contribution in [1.29, 1.82) is 0 Å². The van der Waals surface area contributed by atoms with Gasteiger partial charge in [0.15, 0.2) is 0 Å². The van der Waals surface area contributed by atoms with E-state index in [2.05, 4.69) is 16.0 Å². The number of carbonyl (C=O) groups excluding carboxylic acids is 2. The maximum Gasteiger partial charge on any atom is 0.416 e. The Morgan fingerprint density at radius 3 is 2.43 bits per heavy atom. The highest BCUT2D eigenvalue weighted by Crippen LogP contribution is 2.30. The summed E-state index contributed by atoms with van der Waals surface area (Å²) in [6.07, 6.45) is -2.14. The summed E-state index contributed by atoms with van der Waals surface area (Å²) in [5, 5.41) is 8.44. The van der Waals surface area contributed by atoms with Crippen molar-refractivity contribution in [2.24, 2.45) is 0 Å². The molecule has 2 aromatic carbocycles. The average molecular weight is 391 g/mol. The first-order chi connectivity index (χ1) is 13.3. The van der Waals surface area contributed by atoms with Crippen LogP contribution in [0.15, 0.2) is 48.5 Å². The quantitative estimate of drug-likeness (QED) is 0.721. The van der Waals surface area contributed by atoms with Gasteiger partial charge in [-0.1, -0.05) is 12.1 Å². The van der Waals surface area contributed by atoms with Gasteiger partial charge >= 0.3 is 6.18 Å². The topological polar surface area (TPSA) is 70.2 Å². The minimum Gasteiger partial charge on any atom is -0.326 e. The van der Waals surface area contributed by atoms with E-state index in [0.29, 0.717) is 12.1 Å². The van der Waals surface area contributed by atoms with E-state index in [1.54, 1.807) is 12.1 Å². The van der Waals surface area contributed by atoms with Gasteiger partial charge in [-0.15, -0.1) is 0 Å². The van der Waals surface area contributed by atoms with Crippen LogP contribution in [-0.4, -0.2) is 24.4 Å². The second-order valence-corrected chi connectivity index (χ2v) is 6.66. The molecule has 2 amide bonds. The van der Waals surface area contributed by atoms with Crippen LogP contribution in [0.3, 0.4) is 0 Å². The molecule has 0 bridgehead atoms. The van der Waals surface area contributed by atoms with Crippen molar-refractivity contribution in [3.63, 3.8) is 0 Å². The highest BCUT2D eigenvalue weighted by atomic mass is 19.4. The highest BCUT2D eigenvalue weighted by molar-refractivity contribution is 6.05. The molecule has 0 spiro atoms. The van der Waals surface area contributed by atoms with Crippen molar-refractivity contribution in [3.05, 3.63) is 59.7 Å². The van der Waals surface area contributed by atoms with Crippen molar-refractivity contribution < 1.29 is 22.8 Å². The van der Waals surface area contributed by atoms with Gasteiger partial charge in [0, 0.05) is 29.4 Å². The molecule has 8 heteroatoms. The van der Waals surface area contributed by atoms with Crippen LogP contribution in [0.25, 0.3) is 0 Å². The third-order valence-corrected chi connectivity index (χ3v) is 4.45. The van der Waals surface area contributed by atoms with E-state index in [9.17, 15) is 22.8 Å². The average Bonchev–Trinajstić information content (AvgIpc) is 3.14. The van der Waals surface area contributed by atoms with Crippen LogP contribution in [0.4, 0.5) is 24.5 Å². The standard InChI is InChI=1S/C20H20F3N3O2/c21-20(22,23)14-5-2-7-17(11-14)26-19(28)13-4-1-6-16(10-13)25-18(27)12-15-8-3-9-24-15/h1-2,4-7,10-11,15,24H,3,8-9,12H2,(H,25,27)(H,26,28). The Morgan fingerprint density at radius 2 is 1.75 bits per heavy atom. The monoisotopic (exact) mass is 391 g/mol. The maximum atomic E-state index is 12.8. The Kier molecular flexibility index (Phi) is 5.99. The number of nitrogens with one attached hydrogen (secondary N) is 3. The molecule has 1 heterocycles. The molecule has 1 fully saturated rings. The van der Waals surface area contributed by atoms with Crippen LogP contribution in [0.5, 0.6) is 0 Å². The fourth-order valence-corrected chi connectivity index (χ4v) is 3.08. The Bertz CT molecular complexity index is 862. The Labute approximate surface area is 160 Å². The molecule has 3 rings (SSSR count). The summed E-state index contributed by atoms with van der Waals surface area (Å²) in [5.74, 6) is -0.720. The number of anilines is 2. The summed E-state index contributed by atoms with van der Waals surface area (Å²) in [6.45, 7) is 0.906. The summed E-state index contributed by atoms with van der Waals surface area (Å²) in [7, 11) is 0. The summed E-state index contributed by atoms with van der Waals surface area (Å²) in [5.41, 5.74) is -0.109. The SMILES string of the molecule is O=C(CC1CCCN1)Nc1cccc(C(=O)Nc2cccc(C(F)(F)F)c2)c1. The Morgan fingerprint density at radius 1 is 1.04 bits per heavy atom. The minimum atomic E-state index is -4.49. The number of hydrogen-bond donors (Lipinski definition) is 3. The third-order valence-electron chi connectivity index (χ3n) is 4.45. The van der Waals surface area contributed by atoms with Crippen molar-refractivity contribution in [3.8, 4) is 0 Å². The molecule has 0 aromatic heterocycles. The molecule has 148 valence electrons. The predicted molar refractivity (Wildman–Crippen MR) is 100 cm³/mol. The van der Waals surface area contributed by atoms with Crippen molar-refractivity contribution in [1.82, 2.24) is 5.32 Å². The van der Waals surface area contributed by atoms with E-state index in [0.717, 1.165) is 31.5 Å². The molecule has 0 radical (unpaired) electrons. The lowest BCUT2D eigenvalue weighted by Crippen LogP contribution is -2.27. The Balaban J connectivity index is 1.64. The van der Waals surface area contributed by atoms with Crippen LogP contribution in [0.2, 0.25) is 0 Å². The van der Waals surface area contributed by atoms with Gasteiger partial charge in [-0.2, -0.15) is 13.2 Å². The highest BCUT2D eigenvalue weighted by Gasteiger charge is 2.30. The van der Waals surface area contributed by atoms with Crippen molar-refractivity contribution >= 4 is 23.2 Å². The summed E-state index contributed by atoms with van der Waals surface area (Å²) in [4.78, 5) is 24.5. The first-order valence-corrected chi connectivity index (χ1v) is 8.93. The fourth-order valence-electron chi connectivity index (χ4n) is 3.08. The number of halogens is 3. The molecular formula is C20H20F3N3O2. The van der Waals surface area contributed by atoms with Gasteiger partial charge in [0.25, 0.3) is 5.91 Å². The summed E-state index contributed by atoms with van der Waals surface area (Å²) >= 11 is 0. The first kappa shape index (κ1) is 19.9. The molecule has 1 aliphatic rings. The van der Waals surface area contributed by atoms with Crippen LogP contribution in [0, 0.1) is 0 Å². The Hall–Kier alpha value is -2.87. The van der Waals surface area contributed by atoms with Crippen LogP contribution < -0.4 is 16.0 Å². The molecule has 1 unspecified atom stereocenters. The van der Waals surface area contributed by atoms with Crippen LogP contribution in [-0.2, 0) is 11.0 Å². The van der Waals surface area contributed by atoms with Gasteiger partial charge in [-0.3, -0.25) is 9.59 Å². The van der Waals surface area contributed by atoms with E-state index >= 15 is 0 Å². The minimum absolute atomic E-state index is 0.0431. The molecule has 28 heavy (non-hydrogen) atoms. The largest absolute Gasteiger partial charge is 0.416 e. The van der Waals surface area contributed by atoms with Gasteiger partial charge in [0.1, 0.15) is 0 Å². The lowest BCUT2D eigenvalue weighted by Gasteiger charge is -2.12. The number of carbonyl (C=O) groups is 2. The summed E-state index contributed by atoms with van der Waals surface area (Å²) in [6, 6.07) is 10.8.